The molecule has 2 saturated heterocycles. The number of benzene rings is 1. The highest BCUT2D eigenvalue weighted by molar-refractivity contribution is 6.30. The molecule has 0 bridgehead atoms. The summed E-state index contributed by atoms with van der Waals surface area (Å²) in [4.78, 5) is 43.7. The van der Waals surface area contributed by atoms with Crippen LogP contribution in [0.1, 0.15) is 69.1 Å². The topological polar surface area (TPSA) is 60.9 Å². The normalized spacial score (nSPS) is 23.8. The van der Waals surface area contributed by atoms with Gasteiger partial charge < -0.3 is 9.80 Å². The number of hydrogen-bond acceptors (Lipinski definition) is 4. The van der Waals surface area contributed by atoms with E-state index in [1.807, 2.05) is 17.0 Å². The van der Waals surface area contributed by atoms with E-state index < -0.39 is 0 Å². The molecule has 2 amide bonds. The SMILES string of the molecule is CC(=O)N1CC[C@H](CC(=O)Cc2cc(Cl)cc(CN3CCN(C(=O)C4CCCC4)[C@@H](C)C3)c2C)C1. The number of likely N-dealkylation sites (tertiary alicyclic amines) is 1. The van der Waals surface area contributed by atoms with Crippen molar-refractivity contribution in [3.63, 3.8) is 0 Å². The summed E-state index contributed by atoms with van der Waals surface area (Å²) in [6, 6.07) is 4.15. The number of amides is 2. The van der Waals surface area contributed by atoms with Crippen molar-refractivity contribution >= 4 is 29.2 Å². The average molecular weight is 502 g/mol. The Morgan fingerprint density at radius 1 is 1.00 bits per heavy atom. The van der Waals surface area contributed by atoms with Crippen LogP contribution >= 0.6 is 11.6 Å². The summed E-state index contributed by atoms with van der Waals surface area (Å²) in [5, 5.41) is 0.667. The number of rotatable bonds is 7. The molecular weight excluding hydrogens is 462 g/mol. The molecule has 2 atom stereocenters. The predicted octanol–water partition coefficient (Wildman–Crippen LogP) is 4.24. The molecule has 2 aliphatic heterocycles. The molecule has 4 rings (SSSR count). The first-order valence-corrected chi connectivity index (χ1v) is 13.7. The van der Waals surface area contributed by atoms with Crippen molar-refractivity contribution in [3.8, 4) is 0 Å². The molecule has 1 saturated carbocycles. The monoisotopic (exact) mass is 501 g/mol. The summed E-state index contributed by atoms with van der Waals surface area (Å²) in [6.07, 6.45) is 6.26. The second-order valence-electron chi connectivity index (χ2n) is 11.0. The average Bonchev–Trinajstić information content (AvgIpc) is 3.49. The largest absolute Gasteiger partial charge is 0.343 e. The Hall–Kier alpha value is -1.92. The Morgan fingerprint density at radius 2 is 1.71 bits per heavy atom. The molecule has 0 spiro atoms. The molecule has 6 nitrogen and oxygen atoms in total. The Kier molecular flexibility index (Phi) is 8.54. The van der Waals surface area contributed by atoms with Crippen molar-refractivity contribution in [2.45, 2.75) is 78.3 Å². The molecule has 3 fully saturated rings. The highest BCUT2D eigenvalue weighted by Gasteiger charge is 2.33. The number of Topliss-reactive ketones (excluding diaryl/α,β-unsaturated/α-hetero) is 1. The van der Waals surface area contributed by atoms with Crippen LogP contribution in [0, 0.1) is 18.8 Å². The molecule has 3 aliphatic rings. The Morgan fingerprint density at radius 3 is 2.37 bits per heavy atom. The minimum Gasteiger partial charge on any atom is -0.343 e. The van der Waals surface area contributed by atoms with Crippen LogP contribution in [0.5, 0.6) is 0 Å². The molecule has 0 radical (unpaired) electrons. The third-order valence-corrected chi connectivity index (χ3v) is 8.53. The number of ketones is 1. The zero-order chi connectivity index (χ0) is 25.1. The summed E-state index contributed by atoms with van der Waals surface area (Å²) in [7, 11) is 0. The fourth-order valence-corrected chi connectivity index (χ4v) is 6.45. The van der Waals surface area contributed by atoms with Gasteiger partial charge in [-0.2, -0.15) is 0 Å². The van der Waals surface area contributed by atoms with E-state index in [1.165, 1.54) is 12.8 Å². The second-order valence-corrected chi connectivity index (χ2v) is 11.4. The van der Waals surface area contributed by atoms with E-state index in [-0.39, 0.29) is 29.6 Å². The first-order chi connectivity index (χ1) is 16.7. The lowest BCUT2D eigenvalue weighted by Crippen LogP contribution is -2.54. The van der Waals surface area contributed by atoms with E-state index in [9.17, 15) is 14.4 Å². The van der Waals surface area contributed by atoms with Gasteiger partial charge in [-0.3, -0.25) is 19.3 Å². The quantitative estimate of drug-likeness (QED) is 0.560. The molecular formula is C28H40ClN3O3. The van der Waals surface area contributed by atoms with Crippen molar-refractivity contribution in [3.05, 3.63) is 33.8 Å². The third-order valence-electron chi connectivity index (χ3n) is 8.32. The van der Waals surface area contributed by atoms with Crippen molar-refractivity contribution in [2.75, 3.05) is 32.7 Å². The van der Waals surface area contributed by atoms with Crippen LogP contribution in [-0.4, -0.2) is 71.1 Å². The second kappa shape index (κ2) is 11.4. The van der Waals surface area contributed by atoms with E-state index in [0.717, 1.165) is 68.7 Å². The molecule has 35 heavy (non-hydrogen) atoms. The van der Waals surface area contributed by atoms with Gasteiger partial charge in [0.2, 0.25) is 11.8 Å². The van der Waals surface area contributed by atoms with Gasteiger partial charge in [0, 0.05) is 76.0 Å². The molecule has 2 heterocycles. The molecule has 1 aromatic rings. The summed E-state index contributed by atoms with van der Waals surface area (Å²) in [5.74, 6) is 1.14. The van der Waals surface area contributed by atoms with Crippen molar-refractivity contribution in [2.24, 2.45) is 11.8 Å². The van der Waals surface area contributed by atoms with Gasteiger partial charge in [0.05, 0.1) is 0 Å². The lowest BCUT2D eigenvalue weighted by molar-refractivity contribution is -0.140. The van der Waals surface area contributed by atoms with Crippen LogP contribution in [0.2, 0.25) is 5.02 Å². The van der Waals surface area contributed by atoms with E-state index in [4.69, 9.17) is 11.6 Å². The van der Waals surface area contributed by atoms with Gasteiger partial charge >= 0.3 is 0 Å². The van der Waals surface area contributed by atoms with Gasteiger partial charge in [0.1, 0.15) is 5.78 Å². The summed E-state index contributed by atoms with van der Waals surface area (Å²) in [6.45, 7) is 10.5. The lowest BCUT2D eigenvalue weighted by atomic mass is 9.93. The standard InChI is InChI=1S/C28H40ClN3O3/c1-19-16-30(10-11-32(19)28(35)23-6-4-5-7-23)18-25-14-26(29)13-24(20(25)2)15-27(34)12-22-8-9-31(17-22)21(3)33/h13-14,19,22-23H,4-12,15-18H2,1-3H3/t19-,22+/m0/s1. The van der Waals surface area contributed by atoms with Crippen LogP contribution in [0.4, 0.5) is 0 Å². The van der Waals surface area contributed by atoms with Crippen LogP contribution in [0.25, 0.3) is 0 Å². The molecule has 0 aromatic heterocycles. The number of hydrogen-bond donors (Lipinski definition) is 0. The van der Waals surface area contributed by atoms with Crippen LogP contribution in [-0.2, 0) is 27.3 Å². The van der Waals surface area contributed by atoms with E-state index in [2.05, 4.69) is 23.6 Å². The maximum absolute atomic E-state index is 12.9. The summed E-state index contributed by atoms with van der Waals surface area (Å²) in [5.41, 5.74) is 3.30. The summed E-state index contributed by atoms with van der Waals surface area (Å²) < 4.78 is 0. The molecule has 0 unspecified atom stereocenters. The van der Waals surface area contributed by atoms with Crippen LogP contribution in [0.3, 0.4) is 0 Å². The van der Waals surface area contributed by atoms with Gasteiger partial charge in [0.15, 0.2) is 0 Å². The fraction of sp³-hybridized carbons (Fsp3) is 0.679. The van der Waals surface area contributed by atoms with E-state index in [0.29, 0.717) is 30.3 Å². The number of carbonyl (C=O) groups is 3. The van der Waals surface area contributed by atoms with Crippen molar-refractivity contribution in [1.82, 2.24) is 14.7 Å². The summed E-state index contributed by atoms with van der Waals surface area (Å²) >= 11 is 6.49. The van der Waals surface area contributed by atoms with Gasteiger partial charge in [-0.25, -0.2) is 0 Å². The lowest BCUT2D eigenvalue weighted by Gasteiger charge is -2.41. The smallest absolute Gasteiger partial charge is 0.226 e. The van der Waals surface area contributed by atoms with Gasteiger partial charge in [-0.15, -0.1) is 0 Å². The zero-order valence-electron chi connectivity index (χ0n) is 21.5. The van der Waals surface area contributed by atoms with Crippen molar-refractivity contribution < 1.29 is 14.4 Å². The maximum Gasteiger partial charge on any atom is 0.226 e. The Bertz CT molecular complexity index is 959. The number of halogens is 1. The van der Waals surface area contributed by atoms with E-state index in [1.54, 1.807) is 6.92 Å². The van der Waals surface area contributed by atoms with Gasteiger partial charge in [-0.1, -0.05) is 24.4 Å². The minimum atomic E-state index is 0.0910. The highest BCUT2D eigenvalue weighted by Crippen LogP contribution is 2.29. The van der Waals surface area contributed by atoms with Gasteiger partial charge in [0.25, 0.3) is 0 Å². The van der Waals surface area contributed by atoms with Crippen LogP contribution in [0.15, 0.2) is 12.1 Å². The number of piperazine rings is 1. The molecule has 1 aromatic carbocycles. The Balaban J connectivity index is 1.34. The predicted molar refractivity (Wildman–Crippen MR) is 138 cm³/mol. The fourth-order valence-electron chi connectivity index (χ4n) is 6.19. The van der Waals surface area contributed by atoms with Crippen LogP contribution < -0.4 is 0 Å². The zero-order valence-corrected chi connectivity index (χ0v) is 22.3. The first-order valence-electron chi connectivity index (χ1n) is 13.3. The van der Waals surface area contributed by atoms with Gasteiger partial charge in [-0.05, 0) is 67.9 Å². The molecule has 0 N–H and O–H groups in total. The molecule has 192 valence electrons. The minimum absolute atomic E-state index is 0.0910. The first kappa shape index (κ1) is 26.2. The maximum atomic E-state index is 12.9. The number of carbonyl (C=O) groups excluding carboxylic acids is 3. The van der Waals surface area contributed by atoms with E-state index >= 15 is 0 Å². The Labute approximate surface area is 215 Å². The molecule has 7 heteroatoms. The molecule has 1 aliphatic carbocycles. The number of nitrogens with zero attached hydrogens (tertiary/aromatic N) is 3. The van der Waals surface area contributed by atoms with Crippen molar-refractivity contribution in [1.29, 1.82) is 0 Å². The third kappa shape index (κ3) is 6.45. The highest BCUT2D eigenvalue weighted by atomic mass is 35.5.